The van der Waals surface area contributed by atoms with E-state index in [0.717, 1.165) is 22.6 Å². The Morgan fingerprint density at radius 3 is 2.35 bits per heavy atom. The van der Waals surface area contributed by atoms with Crippen molar-refractivity contribution in [3.63, 3.8) is 0 Å². The molecule has 26 heavy (non-hydrogen) atoms. The molecule has 0 aliphatic rings. The summed E-state index contributed by atoms with van der Waals surface area (Å²) >= 11 is 2.28. The fourth-order valence-corrected chi connectivity index (χ4v) is 2.78. The van der Waals surface area contributed by atoms with Crippen LogP contribution in [0.5, 0.6) is 5.75 Å². The lowest BCUT2D eigenvalue weighted by Gasteiger charge is -2.09. The first kappa shape index (κ1) is 18.3. The molecule has 3 aromatic carbocycles. The molecule has 0 aromatic heterocycles. The summed E-state index contributed by atoms with van der Waals surface area (Å²) in [6.45, 7) is 1.15. The Labute approximate surface area is 166 Å². The molecule has 3 rings (SSSR count). The van der Waals surface area contributed by atoms with Crippen LogP contribution in [0.15, 0.2) is 72.8 Å². The molecule has 0 fully saturated rings. The number of aromatic carboxylic acids is 1. The Bertz CT molecular complexity index is 877. The number of hydrogen-bond acceptors (Lipinski definition) is 3. The summed E-state index contributed by atoms with van der Waals surface area (Å²) in [7, 11) is 0. The quantitative estimate of drug-likeness (QED) is 0.478. The van der Waals surface area contributed by atoms with Crippen LogP contribution in [0.25, 0.3) is 0 Å². The number of nitrogens with one attached hydrogen (secondary N) is 1. The number of anilines is 1. The molecule has 2 N–H and O–H groups in total. The van der Waals surface area contributed by atoms with E-state index in [4.69, 9.17) is 9.84 Å². The van der Waals surface area contributed by atoms with Crippen molar-refractivity contribution in [1.29, 1.82) is 0 Å². The lowest BCUT2D eigenvalue weighted by atomic mass is 10.2. The minimum Gasteiger partial charge on any atom is -0.489 e. The molecule has 4 nitrogen and oxygen atoms in total. The van der Waals surface area contributed by atoms with Crippen molar-refractivity contribution < 1.29 is 14.6 Å². The van der Waals surface area contributed by atoms with E-state index in [-0.39, 0.29) is 5.56 Å². The van der Waals surface area contributed by atoms with Gasteiger partial charge in [-0.25, -0.2) is 4.79 Å². The van der Waals surface area contributed by atoms with Crippen LogP contribution >= 0.6 is 22.6 Å². The average molecular weight is 459 g/mol. The Balaban J connectivity index is 1.53. The van der Waals surface area contributed by atoms with Crippen molar-refractivity contribution in [3.05, 3.63) is 93.1 Å². The number of rotatable bonds is 7. The lowest BCUT2D eigenvalue weighted by Crippen LogP contribution is -2.02. The van der Waals surface area contributed by atoms with Gasteiger partial charge in [0.2, 0.25) is 0 Å². The third kappa shape index (κ3) is 5.23. The van der Waals surface area contributed by atoms with Crippen molar-refractivity contribution in [1.82, 2.24) is 0 Å². The molecule has 132 valence electrons. The zero-order valence-electron chi connectivity index (χ0n) is 14.0. The number of halogens is 1. The highest BCUT2D eigenvalue weighted by Crippen LogP contribution is 2.17. The molecule has 0 spiro atoms. The van der Waals surface area contributed by atoms with Gasteiger partial charge in [-0.2, -0.15) is 0 Å². The lowest BCUT2D eigenvalue weighted by molar-refractivity contribution is 0.0697. The normalized spacial score (nSPS) is 10.3. The number of carbonyl (C=O) groups is 1. The molecular weight excluding hydrogens is 441 g/mol. The maximum atomic E-state index is 11.0. The third-order valence-corrected chi connectivity index (χ3v) is 4.57. The molecule has 0 aliphatic carbocycles. The summed E-state index contributed by atoms with van der Waals surface area (Å²) in [6, 6.07) is 22.9. The molecule has 5 heteroatoms. The summed E-state index contributed by atoms with van der Waals surface area (Å²) < 4.78 is 7.01. The van der Waals surface area contributed by atoms with E-state index in [2.05, 4.69) is 52.2 Å². The van der Waals surface area contributed by atoms with Crippen molar-refractivity contribution in [3.8, 4) is 5.75 Å². The van der Waals surface area contributed by atoms with Crippen molar-refractivity contribution in [2.75, 3.05) is 5.32 Å². The van der Waals surface area contributed by atoms with Crippen LogP contribution < -0.4 is 10.1 Å². The van der Waals surface area contributed by atoms with Gasteiger partial charge in [-0.3, -0.25) is 0 Å². The minimum absolute atomic E-state index is 0.273. The Morgan fingerprint density at radius 2 is 1.65 bits per heavy atom. The smallest absolute Gasteiger partial charge is 0.335 e. The van der Waals surface area contributed by atoms with Crippen LogP contribution in [0, 0.1) is 3.57 Å². The second-order valence-electron chi connectivity index (χ2n) is 5.80. The molecule has 0 heterocycles. The zero-order valence-corrected chi connectivity index (χ0v) is 16.1. The molecule has 3 aromatic rings. The largest absolute Gasteiger partial charge is 0.489 e. The summed E-state index contributed by atoms with van der Waals surface area (Å²) in [4.78, 5) is 11.0. The van der Waals surface area contributed by atoms with E-state index in [1.54, 1.807) is 18.2 Å². The zero-order chi connectivity index (χ0) is 18.4. The van der Waals surface area contributed by atoms with Crippen molar-refractivity contribution >= 4 is 34.2 Å². The molecule has 0 radical (unpaired) electrons. The van der Waals surface area contributed by atoms with Crippen LogP contribution in [0.1, 0.15) is 21.5 Å². The van der Waals surface area contributed by atoms with Gasteiger partial charge < -0.3 is 15.2 Å². The number of benzene rings is 3. The van der Waals surface area contributed by atoms with Gasteiger partial charge in [0.15, 0.2) is 0 Å². The van der Waals surface area contributed by atoms with E-state index in [1.807, 2.05) is 30.3 Å². The van der Waals surface area contributed by atoms with E-state index >= 15 is 0 Å². The Hall–Kier alpha value is -2.54. The van der Waals surface area contributed by atoms with Crippen LogP contribution in [-0.4, -0.2) is 11.1 Å². The van der Waals surface area contributed by atoms with Crippen LogP contribution in [0.2, 0.25) is 0 Å². The average Bonchev–Trinajstić information content (AvgIpc) is 2.67. The molecular formula is C21H18INO3. The van der Waals surface area contributed by atoms with Crippen LogP contribution in [0.3, 0.4) is 0 Å². The van der Waals surface area contributed by atoms with Gasteiger partial charge in [-0.1, -0.05) is 30.3 Å². The number of hydrogen-bond donors (Lipinski definition) is 2. The van der Waals surface area contributed by atoms with Gasteiger partial charge in [-0.15, -0.1) is 0 Å². The first-order valence-corrected chi connectivity index (χ1v) is 9.21. The SMILES string of the molecule is O=C(O)c1cccc(NCc2ccc(OCc3ccc(I)cc3)cc2)c1. The van der Waals surface area contributed by atoms with Gasteiger partial charge in [-0.05, 0) is 76.2 Å². The first-order chi connectivity index (χ1) is 12.6. The molecule has 0 aliphatic heterocycles. The molecule has 0 atom stereocenters. The number of carboxylic acids is 1. The van der Waals surface area contributed by atoms with Gasteiger partial charge in [0.05, 0.1) is 5.56 Å². The van der Waals surface area contributed by atoms with Crippen molar-refractivity contribution in [2.45, 2.75) is 13.2 Å². The van der Waals surface area contributed by atoms with E-state index < -0.39 is 5.97 Å². The maximum Gasteiger partial charge on any atom is 0.335 e. The molecule has 0 amide bonds. The van der Waals surface area contributed by atoms with Crippen LogP contribution in [-0.2, 0) is 13.2 Å². The Morgan fingerprint density at radius 1 is 0.962 bits per heavy atom. The molecule has 0 unspecified atom stereocenters. The van der Waals surface area contributed by atoms with E-state index in [0.29, 0.717) is 13.2 Å². The van der Waals surface area contributed by atoms with Gasteiger partial charge >= 0.3 is 5.97 Å². The van der Waals surface area contributed by atoms with Gasteiger partial charge in [0.1, 0.15) is 12.4 Å². The maximum absolute atomic E-state index is 11.0. The summed E-state index contributed by atoms with van der Waals surface area (Å²) in [5.74, 6) is -0.108. The summed E-state index contributed by atoms with van der Waals surface area (Å²) in [5.41, 5.74) is 3.28. The fraction of sp³-hybridized carbons (Fsp3) is 0.0952. The second kappa shape index (κ2) is 8.71. The number of carboxylic acid groups (broad SMARTS) is 1. The Kier molecular flexibility index (Phi) is 6.12. The monoisotopic (exact) mass is 459 g/mol. The standard InChI is InChI=1S/C21H18INO3/c22-18-8-4-16(5-9-18)14-26-20-10-6-15(7-11-20)13-23-19-3-1-2-17(12-19)21(24)25/h1-12,23H,13-14H2,(H,24,25). The summed E-state index contributed by atoms with van der Waals surface area (Å²) in [6.07, 6.45) is 0. The highest BCUT2D eigenvalue weighted by molar-refractivity contribution is 14.1. The van der Waals surface area contributed by atoms with E-state index in [1.165, 1.54) is 3.57 Å². The minimum atomic E-state index is -0.928. The molecule has 0 saturated heterocycles. The van der Waals surface area contributed by atoms with Crippen molar-refractivity contribution in [2.24, 2.45) is 0 Å². The highest BCUT2D eigenvalue weighted by Gasteiger charge is 2.03. The first-order valence-electron chi connectivity index (χ1n) is 8.13. The third-order valence-electron chi connectivity index (χ3n) is 3.85. The van der Waals surface area contributed by atoms with Gasteiger partial charge in [0, 0.05) is 15.8 Å². The number of ether oxygens (including phenoxy) is 1. The fourth-order valence-electron chi connectivity index (χ4n) is 2.42. The second-order valence-corrected chi connectivity index (χ2v) is 7.04. The predicted molar refractivity (Wildman–Crippen MR) is 111 cm³/mol. The topological polar surface area (TPSA) is 58.6 Å². The van der Waals surface area contributed by atoms with Gasteiger partial charge in [0.25, 0.3) is 0 Å². The molecule has 0 saturated carbocycles. The molecule has 0 bridgehead atoms. The highest BCUT2D eigenvalue weighted by atomic mass is 127. The van der Waals surface area contributed by atoms with Crippen LogP contribution in [0.4, 0.5) is 5.69 Å². The summed E-state index contributed by atoms with van der Waals surface area (Å²) in [5, 5.41) is 12.3. The van der Waals surface area contributed by atoms with E-state index in [9.17, 15) is 4.79 Å². The predicted octanol–water partition coefficient (Wildman–Crippen LogP) is 5.18.